The number of aromatic nitrogens is 2. The van der Waals surface area contributed by atoms with Crippen LogP contribution in [0.1, 0.15) is 119 Å². The number of hydrogen-bond donors (Lipinski definition) is 0. The van der Waals surface area contributed by atoms with Gasteiger partial charge in [-0.1, -0.05) is 96.3 Å². The molecule has 216 valence electrons. The van der Waals surface area contributed by atoms with Gasteiger partial charge in [-0.3, -0.25) is 14.2 Å². The molecule has 39 heavy (non-hydrogen) atoms. The molecule has 0 unspecified atom stereocenters. The third kappa shape index (κ3) is 9.17. The van der Waals surface area contributed by atoms with Crippen molar-refractivity contribution >= 4 is 5.97 Å². The van der Waals surface area contributed by atoms with Gasteiger partial charge in [0, 0.05) is 32.8 Å². The van der Waals surface area contributed by atoms with E-state index in [4.69, 9.17) is 9.57 Å². The lowest BCUT2D eigenvalue weighted by molar-refractivity contribution is -0.209. The van der Waals surface area contributed by atoms with Crippen LogP contribution in [0.2, 0.25) is 0 Å². The van der Waals surface area contributed by atoms with Gasteiger partial charge < -0.3 is 9.30 Å². The Hall–Kier alpha value is -2.71. The molecule has 8 heteroatoms. The molecule has 1 aromatic carbocycles. The first kappa shape index (κ1) is 30.8. The van der Waals surface area contributed by atoms with Crippen molar-refractivity contribution in [2.75, 3.05) is 7.05 Å². The highest BCUT2D eigenvalue weighted by atomic mass is 16.8. The van der Waals surface area contributed by atoms with E-state index >= 15 is 0 Å². The third-order valence-electron chi connectivity index (χ3n) is 7.50. The van der Waals surface area contributed by atoms with E-state index in [-0.39, 0.29) is 11.2 Å². The Kier molecular flexibility index (Phi) is 13.0. The quantitative estimate of drug-likeness (QED) is 0.175. The summed E-state index contributed by atoms with van der Waals surface area (Å²) >= 11 is 0. The minimum atomic E-state index is -0.807. The first-order valence-corrected chi connectivity index (χ1v) is 15.0. The van der Waals surface area contributed by atoms with Gasteiger partial charge in [-0.05, 0) is 25.0 Å². The molecule has 0 radical (unpaired) electrons. The lowest BCUT2D eigenvalue weighted by Gasteiger charge is -2.19. The van der Waals surface area contributed by atoms with Crippen LogP contribution in [0.3, 0.4) is 0 Å². The molecule has 0 N–H and O–H groups in total. The number of nitrogens with zero attached hydrogens (tertiary/aromatic N) is 3. The van der Waals surface area contributed by atoms with Crippen LogP contribution in [0, 0.1) is 0 Å². The van der Waals surface area contributed by atoms with E-state index in [0.717, 1.165) is 38.5 Å². The number of benzene rings is 1. The van der Waals surface area contributed by atoms with Gasteiger partial charge in [0.05, 0.1) is 17.2 Å². The van der Waals surface area contributed by atoms with Gasteiger partial charge in [-0.15, -0.1) is 0 Å². The molecule has 2 aromatic rings. The molecule has 0 spiro atoms. The van der Waals surface area contributed by atoms with E-state index in [2.05, 4.69) is 13.8 Å². The Morgan fingerprint density at radius 3 is 2.10 bits per heavy atom. The summed E-state index contributed by atoms with van der Waals surface area (Å²) in [7, 11) is 1.74. The van der Waals surface area contributed by atoms with E-state index in [9.17, 15) is 14.4 Å². The second-order valence-electron chi connectivity index (χ2n) is 10.7. The molecule has 3 rings (SSSR count). The van der Waals surface area contributed by atoms with E-state index in [0.29, 0.717) is 30.6 Å². The maximum Gasteiger partial charge on any atom is 0.340 e. The summed E-state index contributed by atoms with van der Waals surface area (Å²) in [4.78, 5) is 45.3. The summed E-state index contributed by atoms with van der Waals surface area (Å²) in [6.45, 7) is 5.38. The molecule has 0 amide bonds. The summed E-state index contributed by atoms with van der Waals surface area (Å²) in [5.41, 5.74) is 0.441. The van der Waals surface area contributed by atoms with Crippen molar-refractivity contribution in [3.8, 4) is 0 Å². The minimum absolute atomic E-state index is 0.237. The number of esters is 1. The second kappa shape index (κ2) is 16.4. The molecule has 0 aliphatic carbocycles. The number of hydrogen-bond acceptors (Lipinski definition) is 6. The Morgan fingerprint density at radius 2 is 1.46 bits per heavy atom. The maximum absolute atomic E-state index is 13.6. The van der Waals surface area contributed by atoms with E-state index in [1.54, 1.807) is 47.1 Å². The maximum atomic E-state index is 13.6. The zero-order valence-corrected chi connectivity index (χ0v) is 24.1. The Balaban J connectivity index is 1.75. The summed E-state index contributed by atoms with van der Waals surface area (Å²) < 4.78 is 8.69. The van der Waals surface area contributed by atoms with Crippen LogP contribution in [0.4, 0.5) is 0 Å². The largest absolute Gasteiger partial charge is 0.430 e. The fraction of sp³-hybridized carbons (Fsp3) is 0.645. The number of carbonyl (C=O) groups is 1. The first-order chi connectivity index (χ1) is 19.0. The monoisotopic (exact) mass is 541 g/mol. The lowest BCUT2D eigenvalue weighted by Crippen LogP contribution is -2.43. The molecular formula is C31H47N3O5. The number of hydroxylamine groups is 2. The van der Waals surface area contributed by atoms with Crippen molar-refractivity contribution < 1.29 is 14.4 Å². The lowest BCUT2D eigenvalue weighted by atomic mass is 10.1. The smallest absolute Gasteiger partial charge is 0.340 e. The van der Waals surface area contributed by atoms with Crippen LogP contribution in [-0.4, -0.2) is 33.5 Å². The number of ether oxygens (including phenoxy) is 1. The number of rotatable bonds is 17. The molecule has 1 aromatic heterocycles. The summed E-state index contributed by atoms with van der Waals surface area (Å²) in [6, 6.07) is 8.36. The van der Waals surface area contributed by atoms with Crippen molar-refractivity contribution in [1.29, 1.82) is 0 Å². The van der Waals surface area contributed by atoms with E-state index in [1.165, 1.54) is 43.1 Å². The summed E-state index contributed by atoms with van der Waals surface area (Å²) in [6.07, 6.45) is 14.5. The van der Waals surface area contributed by atoms with E-state index < -0.39 is 18.3 Å². The molecule has 2 atom stereocenters. The highest BCUT2D eigenvalue weighted by Crippen LogP contribution is 2.32. The number of aryl methyl sites for hydroxylation is 1. The highest BCUT2D eigenvalue weighted by molar-refractivity contribution is 5.89. The van der Waals surface area contributed by atoms with Gasteiger partial charge in [0.1, 0.15) is 0 Å². The van der Waals surface area contributed by atoms with Crippen molar-refractivity contribution in [2.24, 2.45) is 0 Å². The van der Waals surface area contributed by atoms with Gasteiger partial charge in [0.2, 0.25) is 6.29 Å². The molecule has 1 aliphatic rings. The molecule has 8 nitrogen and oxygen atoms in total. The fourth-order valence-corrected chi connectivity index (χ4v) is 5.16. The number of carbonyl (C=O) groups excluding carboxylic acids is 1. The molecule has 0 bridgehead atoms. The van der Waals surface area contributed by atoms with Crippen LogP contribution in [0.5, 0.6) is 0 Å². The summed E-state index contributed by atoms with van der Waals surface area (Å²) in [5, 5.41) is 1.58. The van der Waals surface area contributed by atoms with Crippen molar-refractivity contribution in [1.82, 2.24) is 14.2 Å². The van der Waals surface area contributed by atoms with Crippen LogP contribution < -0.4 is 11.2 Å². The topological polar surface area (TPSA) is 82.8 Å². The average Bonchev–Trinajstić information content (AvgIpc) is 3.30. The van der Waals surface area contributed by atoms with E-state index in [1.807, 2.05) is 6.07 Å². The number of unbranched alkanes of at least 4 members (excludes halogenated alkanes) is 10. The van der Waals surface area contributed by atoms with Crippen LogP contribution >= 0.6 is 0 Å². The molecule has 0 saturated carbocycles. The summed E-state index contributed by atoms with van der Waals surface area (Å²) in [5.74, 6) is -0.469. The Morgan fingerprint density at radius 1 is 0.872 bits per heavy atom. The molecule has 1 aliphatic heterocycles. The zero-order valence-electron chi connectivity index (χ0n) is 24.1. The van der Waals surface area contributed by atoms with Gasteiger partial charge in [-0.2, -0.15) is 5.06 Å². The predicted octanol–water partition coefficient (Wildman–Crippen LogP) is 6.22. The standard InChI is InChI=1S/C31H47N3O5/c1-4-6-8-10-12-17-21-33-24-26(29(35)34(31(33)37)22-18-13-11-9-7-5-2)27-23-28(39-32(27)3)38-30(36)25-19-15-14-16-20-25/h14-16,19-20,24,27-28H,4-13,17-18,21-23H2,1-3H3/t27-,28+/m0/s1. The third-order valence-corrected chi connectivity index (χ3v) is 7.50. The van der Waals surface area contributed by atoms with Crippen molar-refractivity contribution in [3.05, 3.63) is 68.5 Å². The highest BCUT2D eigenvalue weighted by Gasteiger charge is 2.37. The second-order valence-corrected chi connectivity index (χ2v) is 10.7. The first-order valence-electron chi connectivity index (χ1n) is 15.0. The normalized spacial score (nSPS) is 17.5. The SMILES string of the molecule is CCCCCCCCn1cc([C@@H]2C[C@H](OC(=O)c3ccccc3)ON2C)c(=O)n(CCCCCCCC)c1=O. The zero-order chi connectivity index (χ0) is 28.0. The molecule has 1 saturated heterocycles. The Labute approximate surface area is 232 Å². The van der Waals surface area contributed by atoms with Gasteiger partial charge in [0.15, 0.2) is 0 Å². The molecule has 2 heterocycles. The van der Waals surface area contributed by atoms with Gasteiger partial charge >= 0.3 is 11.7 Å². The van der Waals surface area contributed by atoms with Crippen LogP contribution in [0.25, 0.3) is 0 Å². The molecule has 1 fully saturated rings. The van der Waals surface area contributed by atoms with Crippen LogP contribution in [0.15, 0.2) is 46.1 Å². The van der Waals surface area contributed by atoms with Crippen molar-refractivity contribution in [3.63, 3.8) is 0 Å². The average molecular weight is 542 g/mol. The van der Waals surface area contributed by atoms with Gasteiger partial charge in [-0.25, -0.2) is 9.59 Å². The minimum Gasteiger partial charge on any atom is -0.430 e. The Bertz CT molecular complexity index is 1130. The fourth-order valence-electron chi connectivity index (χ4n) is 5.16. The predicted molar refractivity (Wildman–Crippen MR) is 154 cm³/mol. The van der Waals surface area contributed by atoms with Gasteiger partial charge in [0.25, 0.3) is 5.56 Å². The molecular weight excluding hydrogens is 494 g/mol. The van der Waals surface area contributed by atoms with Crippen LogP contribution in [-0.2, 0) is 22.7 Å². The van der Waals surface area contributed by atoms with Crippen molar-refractivity contribution in [2.45, 2.75) is 123 Å².